The van der Waals surface area contributed by atoms with Crippen LogP contribution in [-0.4, -0.2) is 21.1 Å². The van der Waals surface area contributed by atoms with E-state index in [0.717, 1.165) is 0 Å². The van der Waals surface area contributed by atoms with Crippen LogP contribution in [0.15, 0.2) is 23.6 Å². The van der Waals surface area contributed by atoms with E-state index in [1.54, 1.807) is 31.4 Å². The lowest BCUT2D eigenvalue weighted by atomic mass is 10.1. The first-order chi connectivity index (χ1) is 8.97. The third-order valence-corrected chi connectivity index (χ3v) is 3.42. The van der Waals surface area contributed by atoms with Gasteiger partial charge in [0.2, 0.25) is 0 Å². The van der Waals surface area contributed by atoms with Crippen molar-refractivity contribution in [3.8, 4) is 5.75 Å². The molecule has 0 aliphatic heterocycles. The van der Waals surface area contributed by atoms with Crippen LogP contribution in [-0.2, 0) is 0 Å². The van der Waals surface area contributed by atoms with Crippen molar-refractivity contribution in [2.75, 3.05) is 5.32 Å². The van der Waals surface area contributed by atoms with E-state index in [4.69, 9.17) is 0 Å². The molecule has 0 fully saturated rings. The quantitative estimate of drug-likeness (QED) is 0.805. The number of hydrogen-bond acceptors (Lipinski definition) is 5. The Labute approximate surface area is 114 Å². The summed E-state index contributed by atoms with van der Waals surface area (Å²) in [5.74, 6) is -0.266. The smallest absolute Gasteiger partial charge is 0.257 e. The van der Waals surface area contributed by atoms with Gasteiger partial charge < -0.3 is 10.2 Å². The van der Waals surface area contributed by atoms with Crippen LogP contribution < -0.4 is 5.32 Å². The van der Waals surface area contributed by atoms with Crippen molar-refractivity contribution in [1.82, 2.24) is 4.98 Å². The van der Waals surface area contributed by atoms with Crippen LogP contribution in [0.4, 0.5) is 5.13 Å². The molecule has 1 amide bonds. The zero-order chi connectivity index (χ0) is 14.0. The summed E-state index contributed by atoms with van der Waals surface area (Å²) in [5, 5.41) is 23.7. The third-order valence-electron chi connectivity index (χ3n) is 2.64. The Kier molecular flexibility index (Phi) is 3.82. The normalized spacial score (nSPS) is 12.2. The largest absolute Gasteiger partial charge is 0.508 e. The topological polar surface area (TPSA) is 82.5 Å². The van der Waals surface area contributed by atoms with E-state index in [1.807, 2.05) is 0 Å². The van der Waals surface area contributed by atoms with Crippen LogP contribution in [0.25, 0.3) is 0 Å². The molecule has 100 valence electrons. The molecule has 2 rings (SSSR count). The predicted octanol–water partition coefficient (Wildman–Crippen LogP) is 2.46. The third kappa shape index (κ3) is 3.10. The number of benzene rings is 1. The highest BCUT2D eigenvalue weighted by Gasteiger charge is 2.12. The number of aromatic hydroxyl groups is 1. The monoisotopic (exact) mass is 278 g/mol. The first-order valence-electron chi connectivity index (χ1n) is 5.72. The van der Waals surface area contributed by atoms with Gasteiger partial charge in [0.05, 0.1) is 11.8 Å². The lowest BCUT2D eigenvalue weighted by Gasteiger charge is -2.04. The van der Waals surface area contributed by atoms with Crippen LogP contribution in [0.3, 0.4) is 0 Å². The Morgan fingerprint density at radius 1 is 1.47 bits per heavy atom. The first kappa shape index (κ1) is 13.5. The number of amides is 1. The summed E-state index contributed by atoms with van der Waals surface area (Å²) >= 11 is 1.24. The van der Waals surface area contributed by atoms with Crippen LogP contribution >= 0.6 is 11.3 Å². The van der Waals surface area contributed by atoms with Gasteiger partial charge in [-0.2, -0.15) is 0 Å². The molecule has 0 radical (unpaired) electrons. The number of hydrogen-bond donors (Lipinski definition) is 3. The Hall–Kier alpha value is -1.92. The Morgan fingerprint density at radius 2 is 2.21 bits per heavy atom. The lowest BCUT2D eigenvalue weighted by molar-refractivity contribution is 0.102. The number of nitrogens with one attached hydrogen (secondary N) is 1. The van der Waals surface area contributed by atoms with E-state index in [2.05, 4.69) is 10.3 Å². The fourth-order valence-corrected chi connectivity index (χ4v) is 2.25. The molecule has 3 N–H and O–H groups in total. The van der Waals surface area contributed by atoms with Crippen LogP contribution in [0, 0.1) is 6.92 Å². The van der Waals surface area contributed by atoms with Crippen molar-refractivity contribution in [2.45, 2.75) is 20.0 Å². The highest BCUT2D eigenvalue weighted by atomic mass is 32.1. The molecule has 0 saturated heterocycles. The number of carbonyl (C=O) groups is 1. The van der Waals surface area contributed by atoms with E-state index >= 15 is 0 Å². The second-order valence-electron chi connectivity index (χ2n) is 4.21. The summed E-state index contributed by atoms with van der Waals surface area (Å²) in [6.45, 7) is 3.37. The van der Waals surface area contributed by atoms with E-state index in [1.165, 1.54) is 17.4 Å². The van der Waals surface area contributed by atoms with Gasteiger partial charge in [-0.15, -0.1) is 11.3 Å². The summed E-state index contributed by atoms with van der Waals surface area (Å²) in [7, 11) is 0. The number of anilines is 1. The fourth-order valence-electron chi connectivity index (χ4n) is 1.46. The molecule has 1 aromatic heterocycles. The van der Waals surface area contributed by atoms with E-state index in [-0.39, 0.29) is 11.7 Å². The van der Waals surface area contributed by atoms with Crippen molar-refractivity contribution >= 4 is 22.4 Å². The molecule has 19 heavy (non-hydrogen) atoms. The molecule has 0 aliphatic carbocycles. The molecule has 6 heteroatoms. The zero-order valence-corrected chi connectivity index (χ0v) is 11.4. The maximum Gasteiger partial charge on any atom is 0.257 e. The van der Waals surface area contributed by atoms with Crippen LogP contribution in [0.2, 0.25) is 0 Å². The van der Waals surface area contributed by atoms with E-state index in [0.29, 0.717) is 22.0 Å². The molecule has 2 aromatic rings. The molecular weight excluding hydrogens is 264 g/mol. The van der Waals surface area contributed by atoms with Gasteiger partial charge in [0.1, 0.15) is 5.75 Å². The number of rotatable bonds is 3. The number of aliphatic hydroxyl groups excluding tert-OH is 1. The van der Waals surface area contributed by atoms with Gasteiger partial charge in [-0.05, 0) is 31.5 Å². The second-order valence-corrected chi connectivity index (χ2v) is 5.07. The van der Waals surface area contributed by atoms with Gasteiger partial charge in [0.15, 0.2) is 5.13 Å². The van der Waals surface area contributed by atoms with Crippen molar-refractivity contribution in [3.05, 3.63) is 40.4 Å². The molecule has 1 atom stereocenters. The number of phenols is 1. The highest BCUT2D eigenvalue weighted by molar-refractivity contribution is 7.14. The summed E-state index contributed by atoms with van der Waals surface area (Å²) in [5.41, 5.74) is 1.59. The minimum Gasteiger partial charge on any atom is -0.508 e. The van der Waals surface area contributed by atoms with Crippen molar-refractivity contribution < 1.29 is 15.0 Å². The van der Waals surface area contributed by atoms with Gasteiger partial charge in [-0.1, -0.05) is 6.07 Å². The molecule has 1 unspecified atom stereocenters. The molecule has 0 bridgehead atoms. The molecule has 5 nitrogen and oxygen atoms in total. The standard InChI is InChI=1S/C13H14N2O3S/c1-7-3-4-9(5-11(7)17)12(18)15-13-14-10(6-19-13)8(2)16/h3-6,8,16-17H,1-2H3,(H,14,15,18). The predicted molar refractivity (Wildman–Crippen MR) is 73.5 cm³/mol. The Balaban J connectivity index is 2.13. The average Bonchev–Trinajstić information content (AvgIpc) is 2.81. The molecular formula is C13H14N2O3S. The number of carbonyl (C=O) groups excluding carboxylic acids is 1. The van der Waals surface area contributed by atoms with Gasteiger partial charge in [0.25, 0.3) is 5.91 Å². The zero-order valence-electron chi connectivity index (χ0n) is 10.5. The number of thiazole rings is 1. The number of aryl methyl sites for hydroxylation is 1. The fraction of sp³-hybridized carbons (Fsp3) is 0.231. The molecule has 1 heterocycles. The summed E-state index contributed by atoms with van der Waals surface area (Å²) in [6, 6.07) is 4.72. The van der Waals surface area contributed by atoms with Gasteiger partial charge in [0, 0.05) is 10.9 Å². The van der Waals surface area contributed by atoms with E-state index in [9.17, 15) is 15.0 Å². The van der Waals surface area contributed by atoms with Crippen molar-refractivity contribution in [1.29, 1.82) is 0 Å². The first-order valence-corrected chi connectivity index (χ1v) is 6.60. The lowest BCUT2D eigenvalue weighted by Crippen LogP contribution is -2.11. The molecule has 0 aliphatic rings. The average molecular weight is 278 g/mol. The second kappa shape index (κ2) is 5.38. The Bertz CT molecular complexity index is 608. The van der Waals surface area contributed by atoms with Crippen molar-refractivity contribution in [3.63, 3.8) is 0 Å². The highest BCUT2D eigenvalue weighted by Crippen LogP contribution is 2.22. The minimum atomic E-state index is -0.662. The molecule has 0 spiro atoms. The summed E-state index contributed by atoms with van der Waals surface area (Å²) < 4.78 is 0. The molecule has 0 saturated carbocycles. The number of aromatic nitrogens is 1. The summed E-state index contributed by atoms with van der Waals surface area (Å²) in [6.07, 6.45) is -0.662. The van der Waals surface area contributed by atoms with E-state index < -0.39 is 6.10 Å². The van der Waals surface area contributed by atoms with Crippen LogP contribution in [0.5, 0.6) is 5.75 Å². The van der Waals surface area contributed by atoms with Crippen molar-refractivity contribution in [2.24, 2.45) is 0 Å². The minimum absolute atomic E-state index is 0.0801. The number of aliphatic hydroxyl groups is 1. The van der Waals surface area contributed by atoms with Crippen LogP contribution in [0.1, 0.15) is 34.6 Å². The molecule has 1 aromatic carbocycles. The number of nitrogens with zero attached hydrogens (tertiary/aromatic N) is 1. The maximum absolute atomic E-state index is 11.9. The SMILES string of the molecule is Cc1ccc(C(=O)Nc2nc(C(C)O)cs2)cc1O. The number of phenolic OH excluding ortho intramolecular Hbond substituents is 1. The summed E-state index contributed by atoms with van der Waals surface area (Å²) in [4.78, 5) is 16.0. The maximum atomic E-state index is 11.9. The van der Waals surface area contributed by atoms with Gasteiger partial charge in [-0.25, -0.2) is 4.98 Å². The van der Waals surface area contributed by atoms with Gasteiger partial charge in [-0.3, -0.25) is 10.1 Å². The van der Waals surface area contributed by atoms with Gasteiger partial charge >= 0.3 is 0 Å². The Morgan fingerprint density at radius 3 is 2.79 bits per heavy atom.